The Morgan fingerprint density at radius 3 is 2.55 bits per heavy atom. The number of aromatic nitrogens is 2. The van der Waals surface area contributed by atoms with Crippen molar-refractivity contribution in [3.8, 4) is 0 Å². The summed E-state index contributed by atoms with van der Waals surface area (Å²) in [6, 6.07) is 0. The highest BCUT2D eigenvalue weighted by molar-refractivity contribution is 6.30. The Kier molecular flexibility index (Phi) is 4.00. The zero-order valence-electron chi connectivity index (χ0n) is 12.4. The molecule has 3 rings (SSSR count). The van der Waals surface area contributed by atoms with Crippen molar-refractivity contribution in [2.24, 2.45) is 5.92 Å². The highest BCUT2D eigenvalue weighted by Crippen LogP contribution is 2.41. The van der Waals surface area contributed by atoms with Crippen LogP contribution in [0.25, 0.3) is 0 Å². The SMILES string of the molecule is COC1(c2nc(Cl)c3c(n2)CCCC3)CCC(C)CC1. The molecule has 4 heteroatoms. The second-order valence-corrected chi connectivity index (χ2v) is 6.71. The molecule has 110 valence electrons. The lowest BCUT2D eigenvalue weighted by Crippen LogP contribution is -2.36. The first kappa shape index (κ1) is 14.3. The molecule has 20 heavy (non-hydrogen) atoms. The van der Waals surface area contributed by atoms with Crippen LogP contribution in [0.5, 0.6) is 0 Å². The Bertz CT molecular complexity index is 495. The zero-order chi connectivity index (χ0) is 14.2. The molecule has 1 saturated carbocycles. The molecule has 0 aliphatic heterocycles. The summed E-state index contributed by atoms with van der Waals surface area (Å²) in [5.41, 5.74) is 2.00. The molecule has 1 aromatic heterocycles. The van der Waals surface area contributed by atoms with Gasteiger partial charge in [0.1, 0.15) is 10.8 Å². The molecule has 1 fully saturated rings. The third-order valence-corrected chi connectivity index (χ3v) is 5.33. The van der Waals surface area contributed by atoms with Crippen LogP contribution in [0.2, 0.25) is 5.15 Å². The van der Waals surface area contributed by atoms with E-state index in [4.69, 9.17) is 21.3 Å². The molecule has 1 aromatic rings. The average Bonchev–Trinajstić information content (AvgIpc) is 2.48. The van der Waals surface area contributed by atoms with Gasteiger partial charge in [-0.05, 0) is 57.3 Å². The van der Waals surface area contributed by atoms with Gasteiger partial charge in [0.2, 0.25) is 0 Å². The van der Waals surface area contributed by atoms with Crippen molar-refractivity contribution in [1.29, 1.82) is 0 Å². The van der Waals surface area contributed by atoms with Crippen molar-refractivity contribution in [3.63, 3.8) is 0 Å². The maximum Gasteiger partial charge on any atom is 0.162 e. The molecule has 2 aliphatic carbocycles. The quantitative estimate of drug-likeness (QED) is 0.772. The van der Waals surface area contributed by atoms with Crippen molar-refractivity contribution in [3.05, 3.63) is 22.2 Å². The third kappa shape index (κ3) is 2.46. The van der Waals surface area contributed by atoms with Gasteiger partial charge in [-0.3, -0.25) is 0 Å². The van der Waals surface area contributed by atoms with Gasteiger partial charge in [-0.15, -0.1) is 0 Å². The van der Waals surface area contributed by atoms with E-state index in [1.807, 2.05) is 0 Å². The maximum atomic E-state index is 6.41. The summed E-state index contributed by atoms with van der Waals surface area (Å²) in [4.78, 5) is 9.45. The van der Waals surface area contributed by atoms with Gasteiger partial charge in [0.05, 0.1) is 0 Å². The van der Waals surface area contributed by atoms with Crippen molar-refractivity contribution >= 4 is 11.6 Å². The molecule has 2 aliphatic rings. The van der Waals surface area contributed by atoms with Crippen molar-refractivity contribution in [1.82, 2.24) is 9.97 Å². The first-order valence-corrected chi connectivity index (χ1v) is 8.13. The van der Waals surface area contributed by atoms with Gasteiger partial charge < -0.3 is 4.74 Å². The second kappa shape index (κ2) is 5.61. The number of ether oxygens (including phenoxy) is 1. The van der Waals surface area contributed by atoms with Gasteiger partial charge in [-0.25, -0.2) is 9.97 Å². The Labute approximate surface area is 126 Å². The van der Waals surface area contributed by atoms with Crippen LogP contribution in [0.1, 0.15) is 62.5 Å². The van der Waals surface area contributed by atoms with Crippen LogP contribution >= 0.6 is 11.6 Å². The van der Waals surface area contributed by atoms with Gasteiger partial charge in [0.25, 0.3) is 0 Å². The van der Waals surface area contributed by atoms with Gasteiger partial charge in [-0.2, -0.15) is 0 Å². The topological polar surface area (TPSA) is 35.0 Å². The molecule has 0 bridgehead atoms. The predicted molar refractivity (Wildman–Crippen MR) is 80.0 cm³/mol. The van der Waals surface area contributed by atoms with Crippen molar-refractivity contribution < 1.29 is 4.74 Å². The fourth-order valence-electron chi connectivity index (χ4n) is 3.50. The molecular weight excluding hydrogens is 272 g/mol. The van der Waals surface area contributed by atoms with Crippen molar-refractivity contribution in [2.45, 2.75) is 63.9 Å². The molecule has 0 saturated heterocycles. The minimum Gasteiger partial charge on any atom is -0.370 e. The standard InChI is InChI=1S/C16H23ClN2O/c1-11-7-9-16(20-2,10-8-11)15-18-13-6-4-3-5-12(13)14(17)19-15/h11H,3-10H2,1-2H3. The number of methoxy groups -OCH3 is 1. The Hall–Kier alpha value is -0.670. The molecule has 0 spiro atoms. The monoisotopic (exact) mass is 294 g/mol. The van der Waals surface area contributed by atoms with Crippen LogP contribution < -0.4 is 0 Å². The summed E-state index contributed by atoms with van der Waals surface area (Å²) in [7, 11) is 1.78. The van der Waals surface area contributed by atoms with Gasteiger partial charge in [0.15, 0.2) is 5.82 Å². The van der Waals surface area contributed by atoms with E-state index in [2.05, 4.69) is 11.9 Å². The van der Waals surface area contributed by atoms with Crippen LogP contribution in [0.4, 0.5) is 0 Å². The Morgan fingerprint density at radius 1 is 1.15 bits per heavy atom. The fourth-order valence-corrected chi connectivity index (χ4v) is 3.78. The van der Waals surface area contributed by atoms with E-state index in [-0.39, 0.29) is 5.60 Å². The van der Waals surface area contributed by atoms with Crippen LogP contribution in [-0.2, 0) is 23.2 Å². The van der Waals surface area contributed by atoms with Crippen LogP contribution in [0, 0.1) is 5.92 Å². The number of hydrogen-bond acceptors (Lipinski definition) is 3. The molecule has 3 nitrogen and oxygen atoms in total. The molecule has 1 heterocycles. The van der Waals surface area contributed by atoms with Gasteiger partial charge >= 0.3 is 0 Å². The second-order valence-electron chi connectivity index (χ2n) is 6.35. The minimum absolute atomic E-state index is 0.317. The highest BCUT2D eigenvalue weighted by Gasteiger charge is 2.39. The van der Waals surface area contributed by atoms with E-state index in [0.717, 1.165) is 48.7 Å². The third-order valence-electron chi connectivity index (χ3n) is 5.01. The molecule has 0 N–H and O–H groups in total. The van der Waals surface area contributed by atoms with E-state index < -0.39 is 0 Å². The van der Waals surface area contributed by atoms with E-state index in [9.17, 15) is 0 Å². The van der Waals surface area contributed by atoms with Crippen LogP contribution in [0.15, 0.2) is 0 Å². The molecule has 0 aromatic carbocycles. The lowest BCUT2D eigenvalue weighted by atomic mass is 9.78. The van der Waals surface area contributed by atoms with E-state index in [1.165, 1.54) is 25.7 Å². The molecule has 0 atom stereocenters. The molecule has 0 amide bonds. The largest absolute Gasteiger partial charge is 0.370 e. The van der Waals surface area contributed by atoms with E-state index in [1.54, 1.807) is 7.11 Å². The number of rotatable bonds is 2. The number of fused-ring (bicyclic) bond motifs is 1. The zero-order valence-corrected chi connectivity index (χ0v) is 13.2. The minimum atomic E-state index is -0.317. The summed E-state index contributed by atoms with van der Waals surface area (Å²) < 4.78 is 5.88. The molecular formula is C16H23ClN2O. The van der Waals surface area contributed by atoms with E-state index in [0.29, 0.717) is 5.15 Å². The van der Waals surface area contributed by atoms with Gasteiger partial charge in [-0.1, -0.05) is 18.5 Å². The Morgan fingerprint density at radius 2 is 1.85 bits per heavy atom. The van der Waals surface area contributed by atoms with Crippen LogP contribution in [-0.4, -0.2) is 17.1 Å². The van der Waals surface area contributed by atoms with E-state index >= 15 is 0 Å². The lowest BCUT2D eigenvalue weighted by Gasteiger charge is -2.37. The summed E-state index contributed by atoms with van der Waals surface area (Å²) in [6.45, 7) is 2.31. The number of aryl methyl sites for hydroxylation is 1. The summed E-state index contributed by atoms with van der Waals surface area (Å²) >= 11 is 6.41. The van der Waals surface area contributed by atoms with Gasteiger partial charge in [0, 0.05) is 18.4 Å². The Balaban J connectivity index is 1.98. The normalized spacial score (nSPS) is 30.1. The summed E-state index contributed by atoms with van der Waals surface area (Å²) in [5, 5.41) is 0.653. The summed E-state index contributed by atoms with van der Waals surface area (Å²) in [5.74, 6) is 1.59. The predicted octanol–water partition coefficient (Wildman–Crippen LogP) is 4.06. The number of nitrogens with zero attached hydrogens (tertiary/aromatic N) is 2. The first-order chi connectivity index (χ1) is 9.64. The highest BCUT2D eigenvalue weighted by atomic mass is 35.5. The number of hydrogen-bond donors (Lipinski definition) is 0. The molecule has 0 radical (unpaired) electrons. The molecule has 0 unspecified atom stereocenters. The van der Waals surface area contributed by atoms with Crippen molar-refractivity contribution in [2.75, 3.05) is 7.11 Å². The first-order valence-electron chi connectivity index (χ1n) is 7.75. The fraction of sp³-hybridized carbons (Fsp3) is 0.750. The van der Waals surface area contributed by atoms with Crippen LogP contribution in [0.3, 0.4) is 0 Å². The summed E-state index contributed by atoms with van der Waals surface area (Å²) in [6.07, 6.45) is 8.79. The maximum absolute atomic E-state index is 6.41. The number of halogens is 1. The average molecular weight is 295 g/mol. The smallest absolute Gasteiger partial charge is 0.162 e. The lowest BCUT2D eigenvalue weighted by molar-refractivity contribution is -0.0599.